The van der Waals surface area contributed by atoms with Crippen molar-refractivity contribution in [3.63, 3.8) is 0 Å². The molecule has 0 aromatic carbocycles. The van der Waals surface area contributed by atoms with Gasteiger partial charge in [0, 0.05) is 11.1 Å². The number of unbranched alkanes of at least 4 members (excludes halogenated alkanes) is 4. The average Bonchev–Trinajstić information content (AvgIpc) is 2.44. The minimum Gasteiger partial charge on any atom is -0.424 e. The lowest BCUT2D eigenvalue weighted by Gasteiger charge is -2.02. The summed E-state index contributed by atoms with van der Waals surface area (Å²) in [4.78, 5) is 11.2. The maximum atomic E-state index is 11.2. The minimum atomic E-state index is -0.219. The van der Waals surface area contributed by atoms with Gasteiger partial charge in [-0.05, 0) is 19.8 Å². The van der Waals surface area contributed by atoms with Crippen LogP contribution in [0.3, 0.4) is 0 Å². The topological polar surface area (TPSA) is 26.3 Å². The van der Waals surface area contributed by atoms with Crippen LogP contribution in [0.5, 0.6) is 0 Å². The first-order valence-electron chi connectivity index (χ1n) is 5.78. The fourth-order valence-corrected chi connectivity index (χ4v) is 1.81. The molecule has 0 amide bonds. The highest BCUT2D eigenvalue weighted by atomic mass is 16.5. The number of carbonyl (C=O) groups excluding carboxylic acids is 1. The van der Waals surface area contributed by atoms with E-state index in [0.717, 1.165) is 24.0 Å². The van der Waals surface area contributed by atoms with E-state index in [4.69, 9.17) is 4.74 Å². The first kappa shape index (κ1) is 12.0. The van der Waals surface area contributed by atoms with Gasteiger partial charge in [-0.2, -0.15) is 0 Å². The lowest BCUT2D eigenvalue weighted by atomic mass is 10.0. The normalized spacial score (nSPS) is 16.1. The predicted octanol–water partition coefficient (Wildman–Crippen LogP) is 3.73. The molecule has 15 heavy (non-hydrogen) atoms. The molecule has 0 N–H and O–H groups in total. The highest BCUT2D eigenvalue weighted by molar-refractivity contribution is 5.93. The van der Waals surface area contributed by atoms with Crippen LogP contribution in [0.4, 0.5) is 0 Å². The predicted molar refractivity (Wildman–Crippen MR) is 61.3 cm³/mol. The molecule has 0 saturated heterocycles. The van der Waals surface area contributed by atoms with Crippen LogP contribution >= 0.6 is 0 Å². The molecule has 0 fully saturated rings. The molecule has 84 valence electrons. The second kappa shape index (κ2) is 5.74. The van der Waals surface area contributed by atoms with Crippen LogP contribution in [0.25, 0.3) is 0 Å². The number of rotatable bonds is 6. The second-order valence-corrected chi connectivity index (χ2v) is 4.08. The quantitative estimate of drug-likeness (QED) is 0.491. The van der Waals surface area contributed by atoms with Crippen molar-refractivity contribution in [1.29, 1.82) is 0 Å². The molecule has 0 aliphatic carbocycles. The van der Waals surface area contributed by atoms with E-state index in [1.165, 1.54) is 25.7 Å². The zero-order valence-corrected chi connectivity index (χ0v) is 9.77. The van der Waals surface area contributed by atoms with Crippen LogP contribution in [-0.4, -0.2) is 5.97 Å². The number of esters is 1. The Labute approximate surface area is 92.0 Å². The average molecular weight is 208 g/mol. The molecule has 0 bridgehead atoms. The molecule has 0 aromatic heterocycles. The molecule has 0 unspecified atom stereocenters. The number of allylic oxidation sites excluding steroid dienone is 1. The van der Waals surface area contributed by atoms with E-state index >= 15 is 0 Å². The second-order valence-electron chi connectivity index (χ2n) is 4.08. The van der Waals surface area contributed by atoms with Gasteiger partial charge in [0.25, 0.3) is 0 Å². The molecule has 0 spiro atoms. The molecular formula is C13H20O2. The summed E-state index contributed by atoms with van der Waals surface area (Å²) in [5.74, 6) is 0.344. The van der Waals surface area contributed by atoms with Gasteiger partial charge >= 0.3 is 5.97 Å². The Morgan fingerprint density at radius 3 is 2.40 bits per heavy atom. The summed E-state index contributed by atoms with van der Waals surface area (Å²) >= 11 is 0. The van der Waals surface area contributed by atoms with Crippen molar-refractivity contribution < 1.29 is 9.53 Å². The summed E-state index contributed by atoms with van der Waals surface area (Å²) in [6.45, 7) is 7.78. The molecule has 2 heteroatoms. The number of ether oxygens (including phenoxy) is 1. The number of hydrogen-bond acceptors (Lipinski definition) is 2. The van der Waals surface area contributed by atoms with Crippen molar-refractivity contribution in [1.82, 2.24) is 0 Å². The molecular weight excluding hydrogens is 188 g/mol. The van der Waals surface area contributed by atoms with Crippen LogP contribution in [0.15, 0.2) is 23.5 Å². The Morgan fingerprint density at radius 1 is 1.20 bits per heavy atom. The molecule has 1 aliphatic rings. The van der Waals surface area contributed by atoms with Gasteiger partial charge in [0.05, 0.1) is 0 Å². The van der Waals surface area contributed by atoms with Gasteiger partial charge < -0.3 is 4.74 Å². The van der Waals surface area contributed by atoms with Crippen LogP contribution in [0, 0.1) is 0 Å². The van der Waals surface area contributed by atoms with Crippen molar-refractivity contribution in [3.8, 4) is 0 Å². The smallest absolute Gasteiger partial charge is 0.339 e. The molecule has 0 radical (unpaired) electrons. The van der Waals surface area contributed by atoms with Gasteiger partial charge in [0.2, 0.25) is 0 Å². The molecule has 2 nitrogen and oxygen atoms in total. The Bertz CT molecular complexity index is 287. The van der Waals surface area contributed by atoms with Gasteiger partial charge in [-0.25, -0.2) is 4.79 Å². The Kier molecular flexibility index (Phi) is 4.60. The lowest BCUT2D eigenvalue weighted by Crippen LogP contribution is -1.94. The van der Waals surface area contributed by atoms with E-state index in [2.05, 4.69) is 13.5 Å². The summed E-state index contributed by atoms with van der Waals surface area (Å²) in [5.41, 5.74) is 1.77. The number of cyclic esters (lactones) is 1. The fourth-order valence-electron chi connectivity index (χ4n) is 1.81. The SMILES string of the molecule is C=C1OC(=O)C(C)=C1CCCCCCC. The zero-order valence-electron chi connectivity index (χ0n) is 9.77. The molecule has 1 heterocycles. The van der Waals surface area contributed by atoms with Crippen LogP contribution in [0.2, 0.25) is 0 Å². The maximum absolute atomic E-state index is 11.2. The Morgan fingerprint density at radius 2 is 1.87 bits per heavy atom. The van der Waals surface area contributed by atoms with Crippen molar-refractivity contribution in [2.24, 2.45) is 0 Å². The molecule has 1 aliphatic heterocycles. The van der Waals surface area contributed by atoms with Crippen molar-refractivity contribution in [2.75, 3.05) is 0 Å². The van der Waals surface area contributed by atoms with Crippen molar-refractivity contribution in [3.05, 3.63) is 23.5 Å². The fraction of sp³-hybridized carbons (Fsp3) is 0.615. The maximum Gasteiger partial charge on any atom is 0.339 e. The van der Waals surface area contributed by atoms with Crippen LogP contribution < -0.4 is 0 Å². The zero-order chi connectivity index (χ0) is 11.3. The van der Waals surface area contributed by atoms with Crippen molar-refractivity contribution in [2.45, 2.75) is 52.4 Å². The third-order valence-corrected chi connectivity index (χ3v) is 2.84. The third kappa shape index (κ3) is 3.22. The standard InChI is InChI=1S/C13H20O2/c1-4-5-6-7-8-9-12-10(2)13(14)15-11(12)3/h3-9H2,1-2H3. The molecule has 0 saturated carbocycles. The summed E-state index contributed by atoms with van der Waals surface area (Å²) in [7, 11) is 0. The van der Waals surface area contributed by atoms with Crippen LogP contribution in [-0.2, 0) is 9.53 Å². The van der Waals surface area contributed by atoms with E-state index in [-0.39, 0.29) is 5.97 Å². The van der Waals surface area contributed by atoms with Crippen LogP contribution in [0.1, 0.15) is 52.4 Å². The molecule has 1 rings (SSSR count). The Balaban J connectivity index is 2.32. The van der Waals surface area contributed by atoms with E-state index < -0.39 is 0 Å². The number of carbonyl (C=O) groups is 1. The first-order valence-corrected chi connectivity index (χ1v) is 5.78. The van der Waals surface area contributed by atoms with Crippen molar-refractivity contribution >= 4 is 5.97 Å². The van der Waals surface area contributed by atoms with E-state index in [1.807, 2.05) is 6.92 Å². The summed E-state index contributed by atoms with van der Waals surface area (Å²) in [6, 6.07) is 0. The minimum absolute atomic E-state index is 0.219. The summed E-state index contributed by atoms with van der Waals surface area (Å²) in [6.07, 6.45) is 7.13. The summed E-state index contributed by atoms with van der Waals surface area (Å²) in [5, 5.41) is 0. The van der Waals surface area contributed by atoms with Gasteiger partial charge in [-0.1, -0.05) is 39.2 Å². The van der Waals surface area contributed by atoms with E-state index in [1.54, 1.807) is 0 Å². The molecule has 0 aromatic rings. The van der Waals surface area contributed by atoms with Gasteiger partial charge in [0.1, 0.15) is 5.76 Å². The van der Waals surface area contributed by atoms with Gasteiger partial charge in [-0.15, -0.1) is 0 Å². The van der Waals surface area contributed by atoms with Gasteiger partial charge in [-0.3, -0.25) is 0 Å². The molecule has 0 atom stereocenters. The lowest BCUT2D eigenvalue weighted by molar-refractivity contribution is -0.133. The highest BCUT2D eigenvalue weighted by Gasteiger charge is 2.23. The number of hydrogen-bond donors (Lipinski definition) is 0. The van der Waals surface area contributed by atoms with E-state index in [0.29, 0.717) is 5.76 Å². The van der Waals surface area contributed by atoms with Gasteiger partial charge in [0.15, 0.2) is 0 Å². The largest absolute Gasteiger partial charge is 0.424 e. The highest BCUT2D eigenvalue weighted by Crippen LogP contribution is 2.28. The third-order valence-electron chi connectivity index (χ3n) is 2.84. The summed E-state index contributed by atoms with van der Waals surface area (Å²) < 4.78 is 4.96. The monoisotopic (exact) mass is 208 g/mol. The van der Waals surface area contributed by atoms with E-state index in [9.17, 15) is 4.79 Å². The first-order chi connectivity index (χ1) is 7.16. The Hall–Kier alpha value is -1.05.